The van der Waals surface area contributed by atoms with E-state index in [9.17, 15) is 19.6 Å². The SMILES string of the molecule is N#CCN(Cc1ccccc1)C(=O)C(CCC(=O)O)NC(=O)OCC1c2ccccc2-c2ccccc21. The highest BCUT2D eigenvalue weighted by Gasteiger charge is 2.31. The second-order valence-corrected chi connectivity index (χ2v) is 8.79. The molecule has 2 N–H and O–H groups in total. The highest BCUT2D eigenvalue weighted by molar-refractivity contribution is 5.86. The molecule has 0 aromatic heterocycles. The largest absolute Gasteiger partial charge is 0.481 e. The average molecular weight is 498 g/mol. The summed E-state index contributed by atoms with van der Waals surface area (Å²) in [5.74, 6) is -1.79. The van der Waals surface area contributed by atoms with Crippen molar-refractivity contribution in [2.24, 2.45) is 0 Å². The highest BCUT2D eigenvalue weighted by atomic mass is 16.5. The van der Waals surface area contributed by atoms with Crippen LogP contribution in [0.3, 0.4) is 0 Å². The van der Waals surface area contributed by atoms with Crippen LogP contribution in [-0.2, 0) is 20.9 Å². The molecule has 8 nitrogen and oxygen atoms in total. The van der Waals surface area contributed by atoms with Crippen molar-refractivity contribution in [1.29, 1.82) is 5.26 Å². The van der Waals surface area contributed by atoms with E-state index in [0.29, 0.717) is 0 Å². The quantitative estimate of drug-likeness (QED) is 0.403. The Morgan fingerprint density at radius 3 is 2.14 bits per heavy atom. The maximum Gasteiger partial charge on any atom is 0.407 e. The first kappa shape index (κ1) is 25.5. The predicted octanol–water partition coefficient (Wildman–Crippen LogP) is 4.31. The summed E-state index contributed by atoms with van der Waals surface area (Å²) < 4.78 is 5.55. The van der Waals surface area contributed by atoms with Crippen LogP contribution in [-0.4, -0.2) is 47.2 Å². The van der Waals surface area contributed by atoms with Gasteiger partial charge in [-0.1, -0.05) is 78.9 Å². The minimum absolute atomic E-state index is 0.0611. The number of benzene rings is 3. The van der Waals surface area contributed by atoms with Crippen LogP contribution in [0.4, 0.5) is 4.79 Å². The Bertz CT molecular complexity index is 1270. The van der Waals surface area contributed by atoms with Gasteiger partial charge in [0.15, 0.2) is 0 Å². The molecule has 0 spiro atoms. The number of ether oxygens (including phenoxy) is 1. The lowest BCUT2D eigenvalue weighted by molar-refractivity contribution is -0.138. The Morgan fingerprint density at radius 2 is 1.54 bits per heavy atom. The van der Waals surface area contributed by atoms with E-state index in [1.807, 2.05) is 84.9 Å². The van der Waals surface area contributed by atoms with Crippen molar-refractivity contribution in [2.45, 2.75) is 31.3 Å². The van der Waals surface area contributed by atoms with E-state index in [1.165, 1.54) is 4.90 Å². The molecule has 4 rings (SSSR count). The van der Waals surface area contributed by atoms with Gasteiger partial charge < -0.3 is 20.1 Å². The van der Waals surface area contributed by atoms with E-state index in [0.717, 1.165) is 27.8 Å². The third-order valence-electron chi connectivity index (χ3n) is 6.37. The van der Waals surface area contributed by atoms with E-state index < -0.39 is 24.0 Å². The number of hydrogen-bond donors (Lipinski definition) is 2. The monoisotopic (exact) mass is 497 g/mol. The molecule has 37 heavy (non-hydrogen) atoms. The van der Waals surface area contributed by atoms with Gasteiger partial charge in [0.05, 0.1) is 6.07 Å². The van der Waals surface area contributed by atoms with Gasteiger partial charge in [-0.25, -0.2) is 4.79 Å². The Hall–Kier alpha value is -4.64. The van der Waals surface area contributed by atoms with E-state index in [-0.39, 0.29) is 38.5 Å². The fourth-order valence-corrected chi connectivity index (χ4v) is 4.63. The maximum atomic E-state index is 13.3. The molecule has 1 atom stereocenters. The summed E-state index contributed by atoms with van der Waals surface area (Å²) >= 11 is 0. The number of carboxylic acid groups (broad SMARTS) is 1. The number of rotatable bonds is 10. The number of carboxylic acids is 1. The van der Waals surface area contributed by atoms with Crippen LogP contribution in [0, 0.1) is 11.3 Å². The molecule has 0 heterocycles. The fraction of sp³-hybridized carbons (Fsp3) is 0.241. The second-order valence-electron chi connectivity index (χ2n) is 8.79. The van der Waals surface area contributed by atoms with Crippen molar-refractivity contribution < 1.29 is 24.2 Å². The third-order valence-corrected chi connectivity index (χ3v) is 6.37. The van der Waals surface area contributed by atoms with Gasteiger partial charge in [-0.2, -0.15) is 5.26 Å². The van der Waals surface area contributed by atoms with Gasteiger partial charge >= 0.3 is 12.1 Å². The summed E-state index contributed by atoms with van der Waals surface area (Å²) in [4.78, 5) is 38.6. The lowest BCUT2D eigenvalue weighted by Gasteiger charge is -2.26. The van der Waals surface area contributed by atoms with Gasteiger partial charge in [-0.05, 0) is 34.2 Å². The summed E-state index contributed by atoms with van der Waals surface area (Å²) in [7, 11) is 0. The number of fused-ring (bicyclic) bond motifs is 3. The molecule has 3 aromatic carbocycles. The zero-order chi connectivity index (χ0) is 26.2. The molecule has 8 heteroatoms. The summed E-state index contributed by atoms with van der Waals surface area (Å²) in [5.41, 5.74) is 5.10. The number of nitrogens with one attached hydrogen (secondary N) is 1. The molecule has 1 unspecified atom stereocenters. The molecule has 188 valence electrons. The number of nitriles is 1. The molecule has 0 bridgehead atoms. The molecular weight excluding hydrogens is 470 g/mol. The van der Waals surface area contributed by atoms with Crippen LogP contribution in [0.15, 0.2) is 78.9 Å². The van der Waals surface area contributed by atoms with Gasteiger partial charge in [-0.3, -0.25) is 9.59 Å². The Labute approximate surface area is 215 Å². The molecule has 1 aliphatic carbocycles. The van der Waals surface area contributed by atoms with Crippen molar-refractivity contribution in [2.75, 3.05) is 13.2 Å². The molecular formula is C29H27N3O5. The number of carbonyl (C=O) groups excluding carboxylic acids is 2. The lowest BCUT2D eigenvalue weighted by Crippen LogP contribution is -2.49. The van der Waals surface area contributed by atoms with E-state index in [4.69, 9.17) is 9.84 Å². The lowest BCUT2D eigenvalue weighted by atomic mass is 9.98. The molecule has 0 aliphatic heterocycles. The predicted molar refractivity (Wildman–Crippen MR) is 136 cm³/mol. The Morgan fingerprint density at radius 1 is 0.946 bits per heavy atom. The molecule has 1 aliphatic rings. The zero-order valence-corrected chi connectivity index (χ0v) is 20.2. The Balaban J connectivity index is 1.46. The molecule has 3 aromatic rings. The third kappa shape index (κ3) is 6.14. The topological polar surface area (TPSA) is 120 Å². The first-order valence-corrected chi connectivity index (χ1v) is 12.0. The fourth-order valence-electron chi connectivity index (χ4n) is 4.63. The summed E-state index contributed by atoms with van der Waals surface area (Å²) in [6.45, 7) is 0.0124. The molecule has 0 radical (unpaired) electrons. The van der Waals surface area contributed by atoms with E-state index >= 15 is 0 Å². The molecule has 0 saturated heterocycles. The van der Waals surface area contributed by atoms with Gasteiger partial charge in [0, 0.05) is 18.9 Å². The van der Waals surface area contributed by atoms with Crippen LogP contribution in [0.5, 0.6) is 0 Å². The minimum Gasteiger partial charge on any atom is -0.481 e. The summed E-state index contributed by atoms with van der Waals surface area (Å²) in [5, 5.41) is 21.0. The number of alkyl carbamates (subject to hydrolysis) is 1. The number of carbonyl (C=O) groups is 3. The van der Waals surface area contributed by atoms with Crippen LogP contribution < -0.4 is 5.32 Å². The number of nitrogens with zero attached hydrogens (tertiary/aromatic N) is 2. The number of aliphatic carboxylic acids is 1. The van der Waals surface area contributed by atoms with Crippen LogP contribution in [0.1, 0.15) is 35.4 Å². The van der Waals surface area contributed by atoms with E-state index in [2.05, 4.69) is 5.32 Å². The minimum atomic E-state index is -1.15. The first-order valence-electron chi connectivity index (χ1n) is 12.0. The van der Waals surface area contributed by atoms with Crippen LogP contribution >= 0.6 is 0 Å². The normalized spacial score (nSPS) is 12.5. The van der Waals surface area contributed by atoms with Crippen molar-refractivity contribution in [3.05, 3.63) is 95.6 Å². The first-order chi connectivity index (χ1) is 18.0. The maximum absolute atomic E-state index is 13.3. The van der Waals surface area contributed by atoms with Gasteiger partial charge in [0.1, 0.15) is 19.2 Å². The molecule has 2 amide bonds. The van der Waals surface area contributed by atoms with Crippen molar-refractivity contribution >= 4 is 18.0 Å². The molecule has 0 saturated carbocycles. The highest BCUT2D eigenvalue weighted by Crippen LogP contribution is 2.44. The number of amides is 2. The Kier molecular flexibility index (Phi) is 8.16. The molecule has 0 fully saturated rings. The average Bonchev–Trinajstić information content (AvgIpc) is 3.23. The van der Waals surface area contributed by atoms with E-state index in [1.54, 1.807) is 0 Å². The van der Waals surface area contributed by atoms with Crippen molar-refractivity contribution in [3.8, 4) is 17.2 Å². The van der Waals surface area contributed by atoms with Gasteiger partial charge in [-0.15, -0.1) is 0 Å². The van der Waals surface area contributed by atoms with Crippen LogP contribution in [0.25, 0.3) is 11.1 Å². The summed E-state index contributed by atoms with van der Waals surface area (Å²) in [6.07, 6.45) is -1.27. The van der Waals surface area contributed by atoms with Gasteiger partial charge in [0.2, 0.25) is 5.91 Å². The number of hydrogen-bond acceptors (Lipinski definition) is 5. The van der Waals surface area contributed by atoms with Crippen molar-refractivity contribution in [1.82, 2.24) is 10.2 Å². The second kappa shape index (κ2) is 11.9. The zero-order valence-electron chi connectivity index (χ0n) is 20.2. The van der Waals surface area contributed by atoms with Gasteiger partial charge in [0.25, 0.3) is 0 Å². The summed E-state index contributed by atoms with van der Waals surface area (Å²) in [6, 6.07) is 25.8. The van der Waals surface area contributed by atoms with Crippen LogP contribution in [0.2, 0.25) is 0 Å². The van der Waals surface area contributed by atoms with Crippen molar-refractivity contribution in [3.63, 3.8) is 0 Å². The standard InChI is InChI=1S/C29H27N3O5/c30-16-17-32(18-20-8-2-1-3-9-20)28(35)26(14-15-27(33)34)31-29(36)37-19-25-23-12-6-4-10-21(23)22-11-5-7-13-24(22)25/h1-13,25-26H,14-15,17-19H2,(H,31,36)(H,33,34). The smallest absolute Gasteiger partial charge is 0.407 e.